The van der Waals surface area contributed by atoms with Crippen molar-refractivity contribution in [2.75, 3.05) is 10.6 Å². The normalized spacial score (nSPS) is 12.2. The first-order valence-electron chi connectivity index (χ1n) is 5.20. The summed E-state index contributed by atoms with van der Waals surface area (Å²) in [6, 6.07) is 5.35. The van der Waals surface area contributed by atoms with Crippen LogP contribution in [0, 0.1) is 12.8 Å². The van der Waals surface area contributed by atoms with Gasteiger partial charge in [0.05, 0.1) is 12.0 Å². The van der Waals surface area contributed by atoms with Crippen molar-refractivity contribution in [3.05, 3.63) is 23.8 Å². The minimum atomic E-state index is -0.0921. The van der Waals surface area contributed by atoms with Gasteiger partial charge in [0.15, 0.2) is 0 Å². The second kappa shape index (κ2) is 7.75. The lowest BCUT2D eigenvalue weighted by molar-refractivity contribution is -0.432. The fraction of sp³-hybridized carbons (Fsp3) is 0.364. The lowest BCUT2D eigenvalue weighted by atomic mass is 10.2. The Labute approximate surface area is 118 Å². The number of amides is 1. The molecule has 0 aliphatic heterocycles. The number of nitrogens with one attached hydrogen (secondary N) is 1. The lowest BCUT2D eigenvalue weighted by Gasteiger charge is -2.11. The van der Waals surface area contributed by atoms with E-state index in [0.29, 0.717) is 5.33 Å². The van der Waals surface area contributed by atoms with Crippen LogP contribution in [-0.4, -0.2) is 16.5 Å². The zero-order valence-electron chi connectivity index (χ0n) is 9.97. The summed E-state index contributed by atoms with van der Waals surface area (Å²) in [5.41, 5.74) is 1.63. The predicted octanol–water partition coefficient (Wildman–Crippen LogP) is 3.39. The molecule has 0 bridgehead atoms. The second-order valence-electron chi connectivity index (χ2n) is 3.75. The molecule has 0 aliphatic carbocycles. The molecule has 1 unspecified atom stereocenters. The van der Waals surface area contributed by atoms with Crippen molar-refractivity contribution in [1.82, 2.24) is 0 Å². The molecule has 1 aromatic carbocycles. The van der Waals surface area contributed by atoms with Gasteiger partial charge < -0.3 is 5.32 Å². The summed E-state index contributed by atoms with van der Waals surface area (Å²) in [4.78, 5) is 12.5. The molecule has 1 aromatic rings. The number of hydrogen-bond acceptors (Lipinski definition) is 5. The van der Waals surface area contributed by atoms with Crippen LogP contribution in [-0.2, 0) is 14.2 Å². The fourth-order valence-electron chi connectivity index (χ4n) is 1.21. The van der Waals surface area contributed by atoms with Gasteiger partial charge in [0, 0.05) is 21.8 Å². The van der Waals surface area contributed by atoms with Crippen molar-refractivity contribution in [3.8, 4) is 0 Å². The van der Waals surface area contributed by atoms with Gasteiger partial charge in [0.1, 0.15) is 0 Å². The molecule has 0 aliphatic rings. The van der Waals surface area contributed by atoms with Gasteiger partial charge in [-0.3, -0.25) is 4.79 Å². The summed E-state index contributed by atoms with van der Waals surface area (Å²) < 4.78 is 4.36. The molecule has 2 N–H and O–H groups in total. The summed E-state index contributed by atoms with van der Waals surface area (Å²) in [5, 5.41) is 15.0. The zero-order valence-corrected chi connectivity index (χ0v) is 12.4. The minimum absolute atomic E-state index is 0.0402. The van der Waals surface area contributed by atoms with Crippen molar-refractivity contribution in [3.63, 3.8) is 0 Å². The van der Waals surface area contributed by atoms with Gasteiger partial charge in [-0.2, -0.15) is 0 Å². The summed E-state index contributed by atoms with van der Waals surface area (Å²) in [6.07, 6.45) is 0. The van der Waals surface area contributed by atoms with Crippen LogP contribution in [0.25, 0.3) is 0 Å². The van der Waals surface area contributed by atoms with E-state index in [1.54, 1.807) is 12.1 Å². The Balaban J connectivity index is 2.69. The van der Waals surface area contributed by atoms with E-state index in [9.17, 15) is 4.79 Å². The SMILES string of the molecule is Cc1cc(NC(=O)C(C)CBr)ccc1SOOO. The van der Waals surface area contributed by atoms with E-state index in [1.807, 2.05) is 19.9 Å². The summed E-state index contributed by atoms with van der Waals surface area (Å²) in [6.45, 7) is 3.71. The van der Waals surface area contributed by atoms with E-state index in [4.69, 9.17) is 5.26 Å². The molecule has 1 rings (SSSR count). The Bertz CT molecular complexity index is 416. The number of carbonyl (C=O) groups excluding carboxylic acids is 1. The molecule has 0 aromatic heterocycles. The molecule has 1 atom stereocenters. The molecule has 0 saturated carbocycles. The topological polar surface area (TPSA) is 67.8 Å². The Morgan fingerprint density at radius 2 is 2.33 bits per heavy atom. The smallest absolute Gasteiger partial charge is 0.228 e. The van der Waals surface area contributed by atoms with Gasteiger partial charge in [0.25, 0.3) is 0 Å². The third kappa shape index (κ3) is 4.58. The Morgan fingerprint density at radius 1 is 1.61 bits per heavy atom. The molecule has 0 spiro atoms. The quantitative estimate of drug-likeness (QED) is 0.361. The maximum Gasteiger partial charge on any atom is 0.228 e. The molecule has 0 saturated heterocycles. The molecule has 0 fully saturated rings. The summed E-state index contributed by atoms with van der Waals surface area (Å²) in [5.74, 6) is -0.132. The van der Waals surface area contributed by atoms with Crippen LogP contribution in [0.4, 0.5) is 5.69 Å². The number of aryl methyl sites for hydroxylation is 1. The van der Waals surface area contributed by atoms with Crippen molar-refractivity contribution in [1.29, 1.82) is 0 Å². The number of benzene rings is 1. The predicted molar refractivity (Wildman–Crippen MR) is 73.4 cm³/mol. The first-order valence-corrected chi connectivity index (χ1v) is 7.07. The van der Waals surface area contributed by atoms with Crippen LogP contribution in [0.2, 0.25) is 0 Å². The highest BCUT2D eigenvalue weighted by atomic mass is 79.9. The largest absolute Gasteiger partial charge is 0.326 e. The van der Waals surface area contributed by atoms with Gasteiger partial charge in [-0.1, -0.05) is 27.9 Å². The molecule has 0 heterocycles. The van der Waals surface area contributed by atoms with E-state index in [2.05, 4.69) is 30.6 Å². The van der Waals surface area contributed by atoms with Crippen LogP contribution >= 0.6 is 28.0 Å². The van der Waals surface area contributed by atoms with E-state index >= 15 is 0 Å². The molecule has 1 amide bonds. The first-order chi connectivity index (χ1) is 8.58. The molecule has 0 radical (unpaired) electrons. The molecule has 18 heavy (non-hydrogen) atoms. The van der Waals surface area contributed by atoms with Crippen molar-refractivity contribution in [2.24, 2.45) is 5.92 Å². The van der Waals surface area contributed by atoms with Gasteiger partial charge in [0.2, 0.25) is 5.91 Å². The first kappa shape index (κ1) is 15.5. The van der Waals surface area contributed by atoms with Crippen molar-refractivity contribution >= 4 is 39.6 Å². The fourth-order valence-corrected chi connectivity index (χ4v) is 1.92. The summed E-state index contributed by atoms with van der Waals surface area (Å²) >= 11 is 4.16. The molecule has 7 heteroatoms. The number of alkyl halides is 1. The molecular formula is C11H14BrNO4S. The highest BCUT2D eigenvalue weighted by Gasteiger charge is 2.11. The molecule has 5 nitrogen and oxygen atoms in total. The van der Waals surface area contributed by atoms with Gasteiger partial charge in [-0.15, -0.1) is 4.33 Å². The Kier molecular flexibility index (Phi) is 6.66. The van der Waals surface area contributed by atoms with Crippen LogP contribution in [0.15, 0.2) is 23.1 Å². The van der Waals surface area contributed by atoms with Crippen LogP contribution in [0.3, 0.4) is 0 Å². The Hall–Kier alpha value is -0.600. The van der Waals surface area contributed by atoms with Crippen molar-refractivity contribution in [2.45, 2.75) is 18.7 Å². The van der Waals surface area contributed by atoms with E-state index in [0.717, 1.165) is 28.2 Å². The third-order valence-corrected chi connectivity index (χ3v) is 4.01. The molecular weight excluding hydrogens is 322 g/mol. The number of hydrogen-bond donors (Lipinski definition) is 2. The highest BCUT2D eigenvalue weighted by molar-refractivity contribution is 9.09. The lowest BCUT2D eigenvalue weighted by Crippen LogP contribution is -2.21. The van der Waals surface area contributed by atoms with Gasteiger partial charge >= 0.3 is 0 Å². The second-order valence-corrected chi connectivity index (χ2v) is 5.14. The van der Waals surface area contributed by atoms with E-state index in [1.165, 1.54) is 0 Å². The van der Waals surface area contributed by atoms with Gasteiger partial charge in [-0.05, 0) is 30.7 Å². The number of anilines is 1. The maximum absolute atomic E-state index is 11.7. The number of carbonyl (C=O) groups is 1. The van der Waals surface area contributed by atoms with E-state index < -0.39 is 0 Å². The minimum Gasteiger partial charge on any atom is -0.326 e. The summed E-state index contributed by atoms with van der Waals surface area (Å²) in [7, 11) is 0. The number of rotatable bonds is 6. The Morgan fingerprint density at radius 3 is 2.89 bits per heavy atom. The molecule has 100 valence electrons. The highest BCUT2D eigenvalue weighted by Crippen LogP contribution is 2.26. The van der Waals surface area contributed by atoms with Crippen LogP contribution in [0.1, 0.15) is 12.5 Å². The monoisotopic (exact) mass is 335 g/mol. The third-order valence-electron chi connectivity index (χ3n) is 2.28. The standard InChI is InChI=1S/C11H14BrNO4S/c1-7-5-9(13-11(14)8(2)6-12)3-4-10(7)18-17-16-15/h3-5,8,15H,6H2,1-2H3,(H,13,14). The van der Waals surface area contributed by atoms with Crippen molar-refractivity contribution < 1.29 is 19.4 Å². The van der Waals surface area contributed by atoms with E-state index in [-0.39, 0.29) is 11.8 Å². The zero-order chi connectivity index (χ0) is 13.5. The van der Waals surface area contributed by atoms with Crippen LogP contribution in [0.5, 0.6) is 0 Å². The average Bonchev–Trinajstić information content (AvgIpc) is 2.36. The maximum atomic E-state index is 11.7. The average molecular weight is 336 g/mol. The van der Waals surface area contributed by atoms with Gasteiger partial charge in [-0.25, -0.2) is 5.26 Å². The van der Waals surface area contributed by atoms with Crippen LogP contribution < -0.4 is 5.32 Å². The number of halogens is 1.